The number of hydrogen-bond donors (Lipinski definition) is 0. The Balaban J connectivity index is 1.65. The first kappa shape index (κ1) is 21.2. The summed E-state index contributed by atoms with van der Waals surface area (Å²) in [5, 5.41) is 14.0. The highest BCUT2D eigenvalue weighted by Crippen LogP contribution is 2.28. The highest BCUT2D eigenvalue weighted by molar-refractivity contribution is 7.98. The lowest BCUT2D eigenvalue weighted by Crippen LogP contribution is -1.99. The Morgan fingerprint density at radius 1 is 1.17 bits per heavy atom. The first-order valence-corrected chi connectivity index (χ1v) is 10.7. The summed E-state index contributed by atoms with van der Waals surface area (Å²) in [6, 6.07) is 13.5. The average molecular weight is 431 g/mol. The predicted octanol–water partition coefficient (Wildman–Crippen LogP) is 5.29. The largest absolute Gasteiger partial charge is 0.493 e. The van der Waals surface area contributed by atoms with Crippen LogP contribution in [0.2, 0.25) is 5.02 Å². The molecular formula is C21H23ClN4O2S. The van der Waals surface area contributed by atoms with Gasteiger partial charge in [-0.3, -0.25) is 0 Å². The number of unbranched alkanes of at least 4 members (excludes halogenated alkanes) is 1. The van der Waals surface area contributed by atoms with Crippen molar-refractivity contribution in [2.24, 2.45) is 5.10 Å². The third-order valence-corrected chi connectivity index (χ3v) is 5.31. The van der Waals surface area contributed by atoms with E-state index in [1.54, 1.807) is 36.1 Å². The van der Waals surface area contributed by atoms with Gasteiger partial charge in [0.1, 0.15) is 6.33 Å². The Morgan fingerprint density at radius 2 is 2.00 bits per heavy atom. The van der Waals surface area contributed by atoms with Crippen LogP contribution >= 0.6 is 23.4 Å². The van der Waals surface area contributed by atoms with Crippen LogP contribution in [-0.4, -0.2) is 34.8 Å². The number of thioether (sulfide) groups is 1. The first-order chi connectivity index (χ1) is 14.2. The van der Waals surface area contributed by atoms with Crippen LogP contribution in [0.5, 0.6) is 11.5 Å². The minimum Gasteiger partial charge on any atom is -0.493 e. The van der Waals surface area contributed by atoms with Crippen LogP contribution in [0.1, 0.15) is 30.9 Å². The van der Waals surface area contributed by atoms with Gasteiger partial charge in [-0.15, -0.1) is 10.2 Å². The Hall–Kier alpha value is -2.51. The van der Waals surface area contributed by atoms with Gasteiger partial charge in [-0.05, 0) is 47.9 Å². The molecule has 3 rings (SSSR count). The zero-order valence-electron chi connectivity index (χ0n) is 16.4. The Morgan fingerprint density at radius 3 is 2.76 bits per heavy atom. The molecule has 0 atom stereocenters. The van der Waals surface area contributed by atoms with Crippen LogP contribution in [0.4, 0.5) is 0 Å². The molecule has 0 unspecified atom stereocenters. The molecular weight excluding hydrogens is 408 g/mol. The maximum Gasteiger partial charge on any atom is 0.212 e. The molecule has 6 nitrogen and oxygen atoms in total. The monoisotopic (exact) mass is 430 g/mol. The molecule has 1 aromatic heterocycles. The van der Waals surface area contributed by atoms with Crippen molar-refractivity contribution in [3.63, 3.8) is 0 Å². The van der Waals surface area contributed by atoms with Gasteiger partial charge in [-0.25, -0.2) is 0 Å². The smallest absolute Gasteiger partial charge is 0.212 e. The topological polar surface area (TPSA) is 61.5 Å². The van der Waals surface area contributed by atoms with Gasteiger partial charge < -0.3 is 9.47 Å². The molecule has 0 aliphatic heterocycles. The lowest BCUT2D eigenvalue weighted by molar-refractivity contribution is 0.288. The van der Waals surface area contributed by atoms with Gasteiger partial charge in [-0.2, -0.15) is 9.78 Å². The number of benzene rings is 2. The molecule has 0 fully saturated rings. The van der Waals surface area contributed by atoms with E-state index < -0.39 is 0 Å². The molecule has 2 aromatic carbocycles. The van der Waals surface area contributed by atoms with Crippen molar-refractivity contribution < 1.29 is 9.47 Å². The van der Waals surface area contributed by atoms with E-state index in [1.165, 1.54) is 0 Å². The number of rotatable bonds is 10. The van der Waals surface area contributed by atoms with Crippen LogP contribution in [0.25, 0.3) is 0 Å². The van der Waals surface area contributed by atoms with Crippen molar-refractivity contribution in [1.82, 2.24) is 14.9 Å². The second-order valence-electron chi connectivity index (χ2n) is 6.23. The van der Waals surface area contributed by atoms with E-state index in [-0.39, 0.29) is 0 Å². The Bertz CT molecular complexity index is 944. The summed E-state index contributed by atoms with van der Waals surface area (Å²) in [4.78, 5) is 0. The fourth-order valence-corrected chi connectivity index (χ4v) is 3.41. The molecule has 0 amide bonds. The van der Waals surface area contributed by atoms with Gasteiger partial charge in [0.05, 0.1) is 19.9 Å². The lowest BCUT2D eigenvalue weighted by atomic mass is 10.2. The quantitative estimate of drug-likeness (QED) is 0.248. The minimum atomic E-state index is 0.676. The molecule has 8 heteroatoms. The zero-order valence-corrected chi connectivity index (χ0v) is 18.0. The van der Waals surface area contributed by atoms with Crippen molar-refractivity contribution in [3.8, 4) is 11.5 Å². The number of ether oxygens (including phenoxy) is 2. The van der Waals surface area contributed by atoms with Gasteiger partial charge in [0.25, 0.3) is 0 Å². The Labute approximate surface area is 179 Å². The molecule has 0 bridgehead atoms. The Kier molecular flexibility index (Phi) is 7.95. The first-order valence-electron chi connectivity index (χ1n) is 9.32. The minimum absolute atomic E-state index is 0.676. The van der Waals surface area contributed by atoms with Gasteiger partial charge >= 0.3 is 0 Å². The predicted molar refractivity (Wildman–Crippen MR) is 117 cm³/mol. The number of methoxy groups -OCH3 is 1. The summed E-state index contributed by atoms with van der Waals surface area (Å²) in [6.45, 7) is 2.81. The molecule has 0 saturated heterocycles. The van der Waals surface area contributed by atoms with Crippen LogP contribution in [0, 0.1) is 0 Å². The number of hydrogen-bond acceptors (Lipinski definition) is 6. The van der Waals surface area contributed by atoms with Crippen LogP contribution in [0.3, 0.4) is 0 Å². The van der Waals surface area contributed by atoms with E-state index in [2.05, 4.69) is 22.2 Å². The normalized spacial score (nSPS) is 11.1. The second-order valence-corrected chi connectivity index (χ2v) is 7.61. The molecule has 0 aliphatic carbocycles. The van der Waals surface area contributed by atoms with Gasteiger partial charge in [0, 0.05) is 10.8 Å². The standard InChI is InChI=1S/C21H23ClN4O2S/c1-3-4-11-28-19-10-7-17(12-20(19)27-2)13-24-26-15-23-25-21(26)29-14-16-5-8-18(22)9-6-16/h5-10,12-13,15H,3-4,11,14H2,1-2H3/b24-13-. The second kappa shape index (κ2) is 10.9. The molecule has 29 heavy (non-hydrogen) atoms. The third kappa shape index (κ3) is 6.24. The zero-order chi connectivity index (χ0) is 20.5. The summed E-state index contributed by atoms with van der Waals surface area (Å²) in [6.07, 6.45) is 5.43. The van der Waals surface area contributed by atoms with E-state index in [0.29, 0.717) is 17.5 Å². The van der Waals surface area contributed by atoms with Gasteiger partial charge in [0.2, 0.25) is 5.16 Å². The summed E-state index contributed by atoms with van der Waals surface area (Å²) in [5.74, 6) is 2.18. The van der Waals surface area contributed by atoms with Gasteiger partial charge in [-0.1, -0.05) is 48.8 Å². The van der Waals surface area contributed by atoms with Crippen molar-refractivity contribution in [1.29, 1.82) is 0 Å². The number of aromatic nitrogens is 3. The number of halogens is 1. The molecule has 0 aliphatic rings. The van der Waals surface area contributed by atoms with Gasteiger partial charge in [0.15, 0.2) is 11.5 Å². The van der Waals surface area contributed by atoms with E-state index >= 15 is 0 Å². The van der Waals surface area contributed by atoms with E-state index in [9.17, 15) is 0 Å². The van der Waals surface area contributed by atoms with E-state index in [1.807, 2.05) is 42.5 Å². The molecule has 1 heterocycles. The summed E-state index contributed by atoms with van der Waals surface area (Å²) in [7, 11) is 1.63. The van der Waals surface area contributed by atoms with Crippen molar-refractivity contribution >= 4 is 29.6 Å². The molecule has 0 spiro atoms. The molecule has 0 N–H and O–H groups in total. The highest BCUT2D eigenvalue weighted by Gasteiger charge is 2.07. The van der Waals surface area contributed by atoms with Crippen LogP contribution in [0.15, 0.2) is 59.0 Å². The van der Waals surface area contributed by atoms with Crippen molar-refractivity contribution in [2.75, 3.05) is 13.7 Å². The van der Waals surface area contributed by atoms with E-state index in [4.69, 9.17) is 21.1 Å². The fraction of sp³-hybridized carbons (Fsp3) is 0.286. The van der Waals surface area contributed by atoms with Crippen LogP contribution in [-0.2, 0) is 5.75 Å². The van der Waals surface area contributed by atoms with E-state index in [0.717, 1.165) is 40.5 Å². The highest BCUT2D eigenvalue weighted by atomic mass is 35.5. The molecule has 152 valence electrons. The van der Waals surface area contributed by atoms with Crippen molar-refractivity contribution in [3.05, 3.63) is 64.9 Å². The molecule has 0 radical (unpaired) electrons. The third-order valence-electron chi connectivity index (χ3n) is 4.06. The van der Waals surface area contributed by atoms with Crippen LogP contribution < -0.4 is 9.47 Å². The maximum absolute atomic E-state index is 5.93. The summed E-state index contributed by atoms with van der Waals surface area (Å²) >= 11 is 7.49. The lowest BCUT2D eigenvalue weighted by Gasteiger charge is -2.10. The fourth-order valence-electron chi connectivity index (χ4n) is 2.46. The summed E-state index contributed by atoms with van der Waals surface area (Å²) in [5.41, 5.74) is 2.05. The summed E-state index contributed by atoms with van der Waals surface area (Å²) < 4.78 is 12.9. The molecule has 3 aromatic rings. The molecule has 0 saturated carbocycles. The SMILES string of the molecule is CCCCOc1ccc(/C=N\n2cnnc2SCc2ccc(Cl)cc2)cc1OC. The average Bonchev–Trinajstić information content (AvgIpc) is 3.20. The number of nitrogens with zero attached hydrogens (tertiary/aromatic N) is 4. The van der Waals surface area contributed by atoms with Crippen molar-refractivity contribution in [2.45, 2.75) is 30.7 Å². The maximum atomic E-state index is 5.93.